The van der Waals surface area contributed by atoms with Crippen LogP contribution in [0.25, 0.3) is 0 Å². The zero-order chi connectivity index (χ0) is 23.8. The number of aromatic nitrogens is 2. The highest BCUT2D eigenvalue weighted by Gasteiger charge is 2.21. The Morgan fingerprint density at radius 3 is 2.12 bits per heavy atom. The van der Waals surface area contributed by atoms with Crippen LogP contribution >= 0.6 is 11.8 Å². The molecule has 8 nitrogen and oxygen atoms in total. The van der Waals surface area contributed by atoms with E-state index < -0.39 is 0 Å². The van der Waals surface area contributed by atoms with E-state index >= 15 is 0 Å². The van der Waals surface area contributed by atoms with Crippen LogP contribution in [0.2, 0.25) is 0 Å². The first kappa shape index (κ1) is 23.7. The number of piperazine rings is 1. The van der Waals surface area contributed by atoms with E-state index in [9.17, 15) is 4.79 Å². The molecule has 1 N–H and O–H groups in total. The van der Waals surface area contributed by atoms with Gasteiger partial charge < -0.3 is 24.6 Å². The number of hydrogen-bond donors (Lipinski definition) is 1. The molecule has 2 aromatic carbocycles. The maximum atomic E-state index is 12.4. The molecule has 34 heavy (non-hydrogen) atoms. The maximum Gasteiger partial charge on any atom is 0.230 e. The molecule has 0 radical (unpaired) electrons. The number of carbonyl (C=O) groups is 1. The van der Waals surface area contributed by atoms with Gasteiger partial charge in [-0.2, -0.15) is 0 Å². The van der Waals surface area contributed by atoms with Gasteiger partial charge in [-0.05, 0) is 42.0 Å². The third-order valence-electron chi connectivity index (χ3n) is 5.65. The van der Waals surface area contributed by atoms with Crippen LogP contribution in [0.3, 0.4) is 0 Å². The standard InChI is InChI=1S/C25H29N5O3S/c1-32-21-7-3-19(4-8-21)17-28-23(31)18-34-25-24(26-11-12-27-25)30-15-13-29(14-16-30)20-5-9-22(33-2)10-6-20/h3-12H,13-18H2,1-2H3,(H,28,31). The topological polar surface area (TPSA) is 79.8 Å². The highest BCUT2D eigenvalue weighted by Crippen LogP contribution is 2.28. The van der Waals surface area contributed by atoms with Gasteiger partial charge in [0.1, 0.15) is 16.5 Å². The van der Waals surface area contributed by atoms with Gasteiger partial charge in [0, 0.05) is 50.8 Å². The first-order valence-electron chi connectivity index (χ1n) is 11.1. The van der Waals surface area contributed by atoms with E-state index in [0.717, 1.165) is 54.1 Å². The first-order valence-corrected chi connectivity index (χ1v) is 12.1. The van der Waals surface area contributed by atoms with Crippen molar-refractivity contribution in [1.82, 2.24) is 15.3 Å². The van der Waals surface area contributed by atoms with Gasteiger partial charge in [0.05, 0.1) is 20.0 Å². The first-order chi connectivity index (χ1) is 16.7. The molecule has 1 saturated heterocycles. The fourth-order valence-electron chi connectivity index (χ4n) is 3.74. The molecule has 178 valence electrons. The van der Waals surface area contributed by atoms with Crippen molar-refractivity contribution in [3.05, 3.63) is 66.5 Å². The summed E-state index contributed by atoms with van der Waals surface area (Å²) < 4.78 is 10.4. The van der Waals surface area contributed by atoms with Gasteiger partial charge in [0.25, 0.3) is 0 Å². The van der Waals surface area contributed by atoms with Crippen LogP contribution in [0, 0.1) is 0 Å². The summed E-state index contributed by atoms with van der Waals surface area (Å²) in [7, 11) is 3.31. The van der Waals surface area contributed by atoms with Crippen molar-refractivity contribution in [3.63, 3.8) is 0 Å². The molecule has 3 aromatic rings. The number of anilines is 2. The predicted molar refractivity (Wildman–Crippen MR) is 135 cm³/mol. The van der Waals surface area contributed by atoms with Crippen LogP contribution in [0.5, 0.6) is 11.5 Å². The van der Waals surface area contributed by atoms with Crippen molar-refractivity contribution >= 4 is 29.2 Å². The van der Waals surface area contributed by atoms with Crippen molar-refractivity contribution in [2.24, 2.45) is 0 Å². The number of nitrogens with zero attached hydrogens (tertiary/aromatic N) is 4. The molecule has 0 saturated carbocycles. The lowest BCUT2D eigenvalue weighted by Gasteiger charge is -2.37. The van der Waals surface area contributed by atoms with Gasteiger partial charge in [0.15, 0.2) is 5.82 Å². The lowest BCUT2D eigenvalue weighted by atomic mass is 10.2. The molecule has 9 heteroatoms. The van der Waals surface area contributed by atoms with Crippen LogP contribution in [-0.2, 0) is 11.3 Å². The Kier molecular flexibility index (Phi) is 8.08. The van der Waals surface area contributed by atoms with E-state index in [1.165, 1.54) is 17.4 Å². The summed E-state index contributed by atoms with van der Waals surface area (Å²) in [5.74, 6) is 2.74. The van der Waals surface area contributed by atoms with Crippen LogP contribution < -0.4 is 24.6 Å². The Labute approximate surface area is 204 Å². The zero-order valence-electron chi connectivity index (χ0n) is 19.4. The number of thioether (sulfide) groups is 1. The molecule has 0 unspecified atom stereocenters. The van der Waals surface area contributed by atoms with Crippen LogP contribution in [-0.4, -0.2) is 62.0 Å². The number of hydrogen-bond acceptors (Lipinski definition) is 8. The van der Waals surface area contributed by atoms with Crippen molar-refractivity contribution < 1.29 is 14.3 Å². The van der Waals surface area contributed by atoms with Crippen molar-refractivity contribution in [2.75, 3.05) is 56.0 Å². The molecule has 4 rings (SSSR count). The molecule has 0 atom stereocenters. The summed E-state index contributed by atoms with van der Waals surface area (Å²) in [6.45, 7) is 3.92. The van der Waals surface area contributed by atoms with E-state index in [4.69, 9.17) is 9.47 Å². The van der Waals surface area contributed by atoms with E-state index in [1.54, 1.807) is 26.6 Å². The summed E-state index contributed by atoms with van der Waals surface area (Å²) >= 11 is 1.42. The number of methoxy groups -OCH3 is 2. The second-order valence-electron chi connectivity index (χ2n) is 7.77. The van der Waals surface area contributed by atoms with Gasteiger partial charge in [-0.3, -0.25) is 4.79 Å². The third-order valence-corrected chi connectivity index (χ3v) is 6.62. The average molecular weight is 480 g/mol. The predicted octanol–water partition coefficient (Wildman–Crippen LogP) is 3.23. The monoisotopic (exact) mass is 479 g/mol. The van der Waals surface area contributed by atoms with E-state index in [2.05, 4.69) is 37.2 Å². The molecule has 1 aliphatic heterocycles. The Hall–Kier alpha value is -3.46. The van der Waals surface area contributed by atoms with Crippen molar-refractivity contribution in [3.8, 4) is 11.5 Å². The lowest BCUT2D eigenvalue weighted by Crippen LogP contribution is -2.47. The summed E-state index contributed by atoms with van der Waals surface area (Å²) in [5.41, 5.74) is 2.21. The minimum Gasteiger partial charge on any atom is -0.497 e. The minimum absolute atomic E-state index is 0.0400. The highest BCUT2D eigenvalue weighted by atomic mass is 32.2. The van der Waals surface area contributed by atoms with Crippen molar-refractivity contribution in [1.29, 1.82) is 0 Å². The number of nitrogens with one attached hydrogen (secondary N) is 1. The minimum atomic E-state index is -0.0400. The summed E-state index contributed by atoms with van der Waals surface area (Å²) in [5, 5.41) is 3.74. The lowest BCUT2D eigenvalue weighted by molar-refractivity contribution is -0.118. The molecule has 1 fully saturated rings. The summed E-state index contributed by atoms with van der Waals surface area (Å²) in [6.07, 6.45) is 3.38. The Bertz CT molecular complexity index is 1070. The fourth-order valence-corrected chi connectivity index (χ4v) is 4.55. The number of rotatable bonds is 9. The van der Waals surface area contributed by atoms with Crippen LogP contribution in [0.4, 0.5) is 11.5 Å². The summed E-state index contributed by atoms with van der Waals surface area (Å²) in [4.78, 5) is 26.1. The molecule has 0 bridgehead atoms. The molecule has 1 aromatic heterocycles. The number of ether oxygens (including phenoxy) is 2. The SMILES string of the molecule is COc1ccc(CNC(=O)CSc2nccnc2N2CCN(c3ccc(OC)cc3)CC2)cc1. The van der Waals surface area contributed by atoms with E-state index in [0.29, 0.717) is 6.54 Å². The van der Waals surface area contributed by atoms with Gasteiger partial charge in [-0.1, -0.05) is 23.9 Å². The molecule has 0 aliphatic carbocycles. The number of benzene rings is 2. The largest absolute Gasteiger partial charge is 0.497 e. The highest BCUT2D eigenvalue weighted by molar-refractivity contribution is 8.00. The second-order valence-corrected chi connectivity index (χ2v) is 8.73. The quantitative estimate of drug-likeness (QED) is 0.469. The fraction of sp³-hybridized carbons (Fsp3) is 0.320. The maximum absolute atomic E-state index is 12.4. The van der Waals surface area contributed by atoms with Gasteiger partial charge >= 0.3 is 0 Å². The molecule has 2 heterocycles. The van der Waals surface area contributed by atoms with Crippen molar-refractivity contribution in [2.45, 2.75) is 11.6 Å². The Balaban J connectivity index is 1.29. The normalized spacial score (nSPS) is 13.5. The second kappa shape index (κ2) is 11.6. The smallest absolute Gasteiger partial charge is 0.230 e. The number of carbonyl (C=O) groups excluding carboxylic acids is 1. The molecule has 1 amide bonds. The van der Waals surface area contributed by atoms with E-state index in [1.807, 2.05) is 36.4 Å². The Morgan fingerprint density at radius 1 is 0.882 bits per heavy atom. The zero-order valence-corrected chi connectivity index (χ0v) is 20.3. The molecular formula is C25H29N5O3S. The third kappa shape index (κ3) is 6.11. The van der Waals surface area contributed by atoms with Crippen LogP contribution in [0.15, 0.2) is 66.0 Å². The number of amides is 1. The van der Waals surface area contributed by atoms with Gasteiger partial charge in [-0.15, -0.1) is 0 Å². The Morgan fingerprint density at radius 2 is 1.47 bits per heavy atom. The molecule has 0 spiro atoms. The van der Waals surface area contributed by atoms with E-state index in [-0.39, 0.29) is 11.7 Å². The van der Waals surface area contributed by atoms with Gasteiger partial charge in [0.2, 0.25) is 5.91 Å². The molecular weight excluding hydrogens is 450 g/mol. The van der Waals surface area contributed by atoms with Crippen LogP contribution in [0.1, 0.15) is 5.56 Å². The summed E-state index contributed by atoms with van der Waals surface area (Å²) in [6, 6.07) is 15.8. The van der Waals surface area contributed by atoms with Gasteiger partial charge in [-0.25, -0.2) is 9.97 Å². The molecule has 1 aliphatic rings. The average Bonchev–Trinajstić information content (AvgIpc) is 2.91.